The fourth-order valence-corrected chi connectivity index (χ4v) is 2.30. The van der Waals surface area contributed by atoms with E-state index in [-0.39, 0.29) is 5.76 Å². The zero-order valence-electron chi connectivity index (χ0n) is 10.9. The first-order valence-corrected chi connectivity index (χ1v) is 6.28. The summed E-state index contributed by atoms with van der Waals surface area (Å²) in [5.41, 5.74) is 0. The lowest BCUT2D eigenvalue weighted by atomic mass is 10.1. The van der Waals surface area contributed by atoms with Gasteiger partial charge in [0.25, 0.3) is 0 Å². The molecule has 18 heavy (non-hydrogen) atoms. The van der Waals surface area contributed by atoms with E-state index in [9.17, 15) is 4.79 Å². The van der Waals surface area contributed by atoms with Crippen molar-refractivity contribution < 1.29 is 13.9 Å². The third-order valence-electron chi connectivity index (χ3n) is 3.39. The van der Waals surface area contributed by atoms with Gasteiger partial charge in [-0.15, -0.1) is 0 Å². The zero-order chi connectivity index (χ0) is 13.0. The maximum Gasteiger partial charge on any atom is 0.373 e. The molecule has 2 heterocycles. The highest BCUT2D eigenvalue weighted by atomic mass is 16.5. The Labute approximate surface area is 107 Å². The van der Waals surface area contributed by atoms with E-state index in [0.717, 1.165) is 38.2 Å². The fraction of sp³-hybridized carbons (Fsp3) is 0.615. The summed E-state index contributed by atoms with van der Waals surface area (Å²) >= 11 is 0. The Hall–Kier alpha value is -1.33. The predicted molar refractivity (Wildman–Crippen MR) is 67.4 cm³/mol. The summed E-state index contributed by atoms with van der Waals surface area (Å²) in [7, 11) is 3.45. The molecular weight excluding hydrogens is 232 g/mol. The van der Waals surface area contributed by atoms with Crippen molar-refractivity contribution in [3.8, 4) is 0 Å². The van der Waals surface area contributed by atoms with Crippen LogP contribution in [0.4, 0.5) is 0 Å². The van der Waals surface area contributed by atoms with Gasteiger partial charge in [0, 0.05) is 6.04 Å². The molecule has 1 N–H and O–H groups in total. The minimum atomic E-state index is -0.425. The summed E-state index contributed by atoms with van der Waals surface area (Å²) in [4.78, 5) is 13.6. The molecule has 1 aliphatic rings. The van der Waals surface area contributed by atoms with Gasteiger partial charge in [0.2, 0.25) is 5.76 Å². The van der Waals surface area contributed by atoms with Crippen molar-refractivity contribution in [1.29, 1.82) is 0 Å². The summed E-state index contributed by atoms with van der Waals surface area (Å²) in [5, 5.41) is 3.35. The van der Waals surface area contributed by atoms with Crippen molar-refractivity contribution >= 4 is 5.97 Å². The van der Waals surface area contributed by atoms with Crippen LogP contribution in [0.5, 0.6) is 0 Å². The zero-order valence-corrected chi connectivity index (χ0v) is 10.9. The van der Waals surface area contributed by atoms with Gasteiger partial charge in [-0.3, -0.25) is 4.90 Å². The normalized spacial score (nSPS) is 17.1. The summed E-state index contributed by atoms with van der Waals surface area (Å²) in [6, 6.07) is 4.08. The van der Waals surface area contributed by atoms with Crippen molar-refractivity contribution in [2.75, 3.05) is 27.2 Å². The summed E-state index contributed by atoms with van der Waals surface area (Å²) in [6.45, 7) is 2.86. The van der Waals surface area contributed by atoms with Crippen molar-refractivity contribution in [1.82, 2.24) is 10.2 Å². The first kappa shape index (κ1) is 13.1. The number of hydrogen-bond acceptors (Lipinski definition) is 5. The molecule has 100 valence electrons. The molecule has 0 amide bonds. The molecule has 5 nitrogen and oxygen atoms in total. The van der Waals surface area contributed by atoms with Crippen LogP contribution in [0, 0.1) is 0 Å². The Kier molecular flexibility index (Phi) is 4.38. The first-order chi connectivity index (χ1) is 8.70. The maximum absolute atomic E-state index is 11.3. The second-order valence-corrected chi connectivity index (χ2v) is 4.65. The largest absolute Gasteiger partial charge is 0.463 e. The lowest BCUT2D eigenvalue weighted by Gasteiger charge is -2.30. The average molecular weight is 252 g/mol. The highest BCUT2D eigenvalue weighted by molar-refractivity contribution is 5.86. The third-order valence-corrected chi connectivity index (χ3v) is 3.39. The van der Waals surface area contributed by atoms with E-state index in [4.69, 9.17) is 4.42 Å². The van der Waals surface area contributed by atoms with Gasteiger partial charge in [0.1, 0.15) is 5.76 Å². The second-order valence-electron chi connectivity index (χ2n) is 4.65. The second kappa shape index (κ2) is 6.02. The van der Waals surface area contributed by atoms with Crippen molar-refractivity contribution in [2.24, 2.45) is 0 Å². The highest BCUT2D eigenvalue weighted by Crippen LogP contribution is 2.16. The molecule has 0 unspecified atom stereocenters. The van der Waals surface area contributed by atoms with Crippen LogP contribution in [0.15, 0.2) is 16.5 Å². The molecule has 1 aromatic heterocycles. The Morgan fingerprint density at radius 1 is 1.50 bits per heavy atom. The SMILES string of the molecule is COC(=O)c1ccc(CN(C)C2CCNCC2)o1. The minimum absolute atomic E-state index is 0.270. The molecule has 1 aromatic rings. The van der Waals surface area contributed by atoms with Gasteiger partial charge in [0.05, 0.1) is 13.7 Å². The topological polar surface area (TPSA) is 54.7 Å². The molecule has 1 saturated heterocycles. The monoisotopic (exact) mass is 252 g/mol. The summed E-state index contributed by atoms with van der Waals surface area (Å²) in [5.74, 6) is 0.647. The lowest BCUT2D eigenvalue weighted by molar-refractivity contribution is 0.0560. The molecular formula is C13H20N2O3. The Balaban J connectivity index is 1.92. The third kappa shape index (κ3) is 3.11. The molecule has 0 radical (unpaired) electrons. The summed E-state index contributed by atoms with van der Waals surface area (Å²) in [6.07, 6.45) is 2.31. The van der Waals surface area contributed by atoms with Crippen LogP contribution in [0.25, 0.3) is 0 Å². The molecule has 0 atom stereocenters. The Morgan fingerprint density at radius 3 is 2.89 bits per heavy atom. The Bertz CT molecular complexity index is 397. The minimum Gasteiger partial charge on any atom is -0.463 e. The van der Waals surface area contributed by atoms with Crippen molar-refractivity contribution in [3.05, 3.63) is 23.7 Å². The number of methoxy groups -OCH3 is 1. The number of esters is 1. The lowest BCUT2D eigenvalue weighted by Crippen LogP contribution is -2.40. The number of carbonyl (C=O) groups is 1. The number of piperidine rings is 1. The number of nitrogens with zero attached hydrogens (tertiary/aromatic N) is 1. The van der Waals surface area contributed by atoms with Crippen molar-refractivity contribution in [3.63, 3.8) is 0 Å². The van der Waals surface area contributed by atoms with E-state index >= 15 is 0 Å². The molecule has 2 rings (SSSR count). The van der Waals surface area contributed by atoms with Gasteiger partial charge in [0.15, 0.2) is 0 Å². The van der Waals surface area contributed by atoms with E-state index in [1.807, 2.05) is 6.07 Å². The Morgan fingerprint density at radius 2 is 2.22 bits per heavy atom. The first-order valence-electron chi connectivity index (χ1n) is 6.28. The van der Waals surface area contributed by atoms with Gasteiger partial charge in [-0.25, -0.2) is 4.79 Å². The standard InChI is InChI=1S/C13H20N2O3/c1-15(10-5-7-14-8-6-10)9-11-3-4-12(18-11)13(16)17-2/h3-4,10,14H,5-9H2,1-2H3. The average Bonchev–Trinajstić information content (AvgIpc) is 2.87. The van der Waals surface area contributed by atoms with Crippen LogP contribution in [-0.2, 0) is 11.3 Å². The predicted octanol–water partition coefficient (Wildman–Crippen LogP) is 1.25. The van der Waals surface area contributed by atoms with Crippen LogP contribution in [0.3, 0.4) is 0 Å². The number of furan rings is 1. The number of hydrogen-bond donors (Lipinski definition) is 1. The summed E-state index contributed by atoms with van der Waals surface area (Å²) < 4.78 is 10.1. The molecule has 0 saturated carbocycles. The van der Waals surface area contributed by atoms with Crippen molar-refractivity contribution in [2.45, 2.75) is 25.4 Å². The molecule has 0 bridgehead atoms. The number of rotatable bonds is 4. The van der Waals surface area contributed by atoms with Gasteiger partial charge in [-0.05, 0) is 45.1 Å². The van der Waals surface area contributed by atoms with E-state index < -0.39 is 5.97 Å². The number of nitrogens with one attached hydrogen (secondary N) is 1. The number of ether oxygens (including phenoxy) is 1. The smallest absolute Gasteiger partial charge is 0.373 e. The molecule has 0 aromatic carbocycles. The fourth-order valence-electron chi connectivity index (χ4n) is 2.30. The van der Waals surface area contributed by atoms with E-state index in [0.29, 0.717) is 6.04 Å². The highest BCUT2D eigenvalue weighted by Gasteiger charge is 2.19. The van der Waals surface area contributed by atoms with E-state index in [1.165, 1.54) is 7.11 Å². The molecule has 0 aliphatic carbocycles. The quantitative estimate of drug-likeness (QED) is 0.817. The molecule has 1 aliphatic heterocycles. The van der Waals surface area contributed by atoms with Crippen LogP contribution in [0.2, 0.25) is 0 Å². The van der Waals surface area contributed by atoms with Crippen LogP contribution in [0.1, 0.15) is 29.2 Å². The molecule has 1 fully saturated rings. The molecule has 5 heteroatoms. The van der Waals surface area contributed by atoms with E-state index in [1.54, 1.807) is 6.07 Å². The van der Waals surface area contributed by atoms with Gasteiger partial charge in [-0.1, -0.05) is 0 Å². The number of carbonyl (C=O) groups excluding carboxylic acids is 1. The van der Waals surface area contributed by atoms with E-state index in [2.05, 4.69) is 22.0 Å². The maximum atomic E-state index is 11.3. The van der Waals surface area contributed by atoms with Crippen LogP contribution >= 0.6 is 0 Å². The molecule has 0 spiro atoms. The van der Waals surface area contributed by atoms with Crippen LogP contribution in [-0.4, -0.2) is 44.2 Å². The van der Waals surface area contributed by atoms with Gasteiger partial charge < -0.3 is 14.5 Å². The van der Waals surface area contributed by atoms with Crippen LogP contribution < -0.4 is 5.32 Å². The van der Waals surface area contributed by atoms with Gasteiger partial charge >= 0.3 is 5.97 Å². The van der Waals surface area contributed by atoms with Gasteiger partial charge in [-0.2, -0.15) is 0 Å².